The molecule has 1 aliphatic carbocycles. The topological polar surface area (TPSA) is 151 Å². The number of hydrogen-bond acceptors (Lipinski definition) is 8. The summed E-state index contributed by atoms with van der Waals surface area (Å²) in [6.45, 7) is 1.90. The third kappa shape index (κ3) is 3.71. The van der Waals surface area contributed by atoms with Crippen LogP contribution in [0.3, 0.4) is 0 Å². The number of nitrogen functional groups attached to an aromatic ring is 1. The maximum atomic E-state index is 12.4. The zero-order valence-electron chi connectivity index (χ0n) is 15.9. The number of carbonyl (C=O) groups excluding carboxylic acids is 1. The van der Waals surface area contributed by atoms with Gasteiger partial charge >= 0.3 is 5.97 Å². The minimum atomic E-state index is -0.982. The highest BCUT2D eigenvalue weighted by molar-refractivity contribution is 5.86. The van der Waals surface area contributed by atoms with Crippen LogP contribution in [0.5, 0.6) is 0 Å². The number of nitrogens with one attached hydrogen (secondary N) is 1. The van der Waals surface area contributed by atoms with Gasteiger partial charge in [-0.2, -0.15) is 4.98 Å². The molecule has 5 N–H and O–H groups in total. The van der Waals surface area contributed by atoms with Crippen molar-refractivity contribution in [2.24, 2.45) is 5.73 Å². The Morgan fingerprint density at radius 3 is 2.93 bits per heavy atom. The SMILES string of the molecule is CC(COC(=O)C1(N)CC1c1ccccc1)OCn1cnc2c(=O)[nH]c(N)nc21. The van der Waals surface area contributed by atoms with E-state index in [1.165, 1.54) is 6.33 Å². The third-order valence-electron chi connectivity index (χ3n) is 5.03. The van der Waals surface area contributed by atoms with Crippen LogP contribution in [0.15, 0.2) is 41.5 Å². The van der Waals surface area contributed by atoms with Gasteiger partial charge in [0.25, 0.3) is 5.56 Å². The van der Waals surface area contributed by atoms with E-state index in [0.717, 1.165) is 5.56 Å². The molecule has 2 aromatic heterocycles. The molecule has 29 heavy (non-hydrogen) atoms. The molecular weight excluding hydrogens is 376 g/mol. The van der Waals surface area contributed by atoms with E-state index < -0.39 is 23.2 Å². The van der Waals surface area contributed by atoms with Crippen LogP contribution < -0.4 is 17.0 Å². The number of nitrogens with zero attached hydrogens (tertiary/aromatic N) is 3. The second-order valence-corrected chi connectivity index (χ2v) is 7.25. The smallest absolute Gasteiger partial charge is 0.326 e. The number of benzene rings is 1. The van der Waals surface area contributed by atoms with Crippen molar-refractivity contribution >= 4 is 23.1 Å². The lowest BCUT2D eigenvalue weighted by atomic mass is 10.1. The highest BCUT2D eigenvalue weighted by Crippen LogP contribution is 2.50. The van der Waals surface area contributed by atoms with Gasteiger partial charge in [-0.15, -0.1) is 0 Å². The first-order chi connectivity index (χ1) is 13.9. The summed E-state index contributed by atoms with van der Waals surface area (Å²) in [5, 5.41) is 0. The van der Waals surface area contributed by atoms with Gasteiger partial charge in [0.15, 0.2) is 11.2 Å². The monoisotopic (exact) mass is 398 g/mol. The first kappa shape index (κ1) is 19.1. The molecule has 2 heterocycles. The number of carbonyl (C=O) groups is 1. The van der Waals surface area contributed by atoms with Crippen LogP contribution in [0, 0.1) is 0 Å². The predicted octanol–water partition coefficient (Wildman–Crippen LogP) is 0.493. The maximum Gasteiger partial charge on any atom is 0.326 e. The summed E-state index contributed by atoms with van der Waals surface area (Å²) in [7, 11) is 0. The highest BCUT2D eigenvalue weighted by atomic mass is 16.6. The van der Waals surface area contributed by atoms with Gasteiger partial charge in [-0.3, -0.25) is 19.1 Å². The number of nitrogens with two attached hydrogens (primary N) is 2. The number of aromatic amines is 1. The fraction of sp³-hybridized carbons (Fsp3) is 0.368. The molecule has 0 saturated heterocycles. The summed E-state index contributed by atoms with van der Waals surface area (Å²) >= 11 is 0. The Labute approximate surface area is 165 Å². The van der Waals surface area contributed by atoms with E-state index in [-0.39, 0.29) is 30.7 Å². The van der Waals surface area contributed by atoms with E-state index in [0.29, 0.717) is 12.1 Å². The minimum Gasteiger partial charge on any atom is -0.462 e. The molecule has 10 nitrogen and oxygen atoms in total. The summed E-state index contributed by atoms with van der Waals surface area (Å²) in [6.07, 6.45) is 1.61. The molecule has 1 aromatic carbocycles. The highest BCUT2D eigenvalue weighted by Gasteiger charge is 2.59. The number of ether oxygens (including phenoxy) is 2. The lowest BCUT2D eigenvalue weighted by Gasteiger charge is -2.16. The Bertz CT molecular complexity index is 1100. The molecule has 4 rings (SSSR count). The summed E-state index contributed by atoms with van der Waals surface area (Å²) in [5.74, 6) is -0.466. The Kier molecular flexibility index (Phi) is 4.81. The largest absolute Gasteiger partial charge is 0.462 e. The molecule has 1 saturated carbocycles. The molecule has 0 radical (unpaired) electrons. The Morgan fingerprint density at radius 2 is 2.17 bits per heavy atom. The number of aromatic nitrogens is 4. The van der Waals surface area contributed by atoms with Crippen LogP contribution in [-0.2, 0) is 21.0 Å². The van der Waals surface area contributed by atoms with Gasteiger partial charge in [0.05, 0.1) is 12.4 Å². The molecule has 10 heteroatoms. The Hall–Kier alpha value is -3.24. The van der Waals surface area contributed by atoms with Gasteiger partial charge in [-0.1, -0.05) is 30.3 Å². The molecule has 1 fully saturated rings. The maximum absolute atomic E-state index is 12.4. The molecule has 0 spiro atoms. The molecule has 0 aliphatic heterocycles. The minimum absolute atomic E-state index is 0.00289. The van der Waals surface area contributed by atoms with Gasteiger partial charge in [-0.25, -0.2) is 4.98 Å². The van der Waals surface area contributed by atoms with E-state index in [1.54, 1.807) is 11.5 Å². The molecular formula is C19H22N6O4. The molecule has 3 unspecified atom stereocenters. The van der Waals surface area contributed by atoms with E-state index >= 15 is 0 Å². The number of H-pyrrole nitrogens is 1. The fourth-order valence-corrected chi connectivity index (χ4v) is 3.25. The third-order valence-corrected chi connectivity index (χ3v) is 5.03. The summed E-state index contributed by atoms with van der Waals surface area (Å²) < 4.78 is 12.6. The molecule has 3 atom stereocenters. The van der Waals surface area contributed by atoms with Crippen molar-refractivity contribution in [1.29, 1.82) is 0 Å². The number of rotatable bonds is 7. The number of anilines is 1. The van der Waals surface area contributed by atoms with E-state index in [2.05, 4.69) is 15.0 Å². The Balaban J connectivity index is 1.30. The molecule has 1 aliphatic rings. The summed E-state index contributed by atoms with van der Waals surface area (Å²) in [6, 6.07) is 9.68. The average Bonchev–Trinajstić information content (AvgIpc) is 3.24. The van der Waals surface area contributed by atoms with Crippen molar-refractivity contribution in [3.05, 3.63) is 52.6 Å². The van der Waals surface area contributed by atoms with Crippen LogP contribution >= 0.6 is 0 Å². The summed E-state index contributed by atoms with van der Waals surface area (Å²) in [5.41, 5.74) is 11.9. The van der Waals surface area contributed by atoms with Crippen LogP contribution in [0.25, 0.3) is 11.2 Å². The first-order valence-electron chi connectivity index (χ1n) is 9.22. The number of imidazole rings is 1. The second-order valence-electron chi connectivity index (χ2n) is 7.25. The van der Waals surface area contributed by atoms with Crippen LogP contribution in [0.4, 0.5) is 5.95 Å². The van der Waals surface area contributed by atoms with E-state index in [1.807, 2.05) is 30.3 Å². The zero-order valence-corrected chi connectivity index (χ0v) is 15.9. The second kappa shape index (κ2) is 7.30. The summed E-state index contributed by atoms with van der Waals surface area (Å²) in [4.78, 5) is 34.7. The van der Waals surface area contributed by atoms with Gasteiger partial charge in [0.2, 0.25) is 5.95 Å². The van der Waals surface area contributed by atoms with E-state index in [9.17, 15) is 9.59 Å². The normalized spacial score (nSPS) is 21.8. The van der Waals surface area contributed by atoms with Gasteiger partial charge in [0.1, 0.15) is 18.9 Å². The van der Waals surface area contributed by atoms with Gasteiger partial charge < -0.3 is 20.9 Å². The van der Waals surface area contributed by atoms with Crippen LogP contribution in [-0.4, -0.2) is 43.7 Å². The molecule has 0 amide bonds. The van der Waals surface area contributed by atoms with Crippen molar-refractivity contribution in [1.82, 2.24) is 19.5 Å². The van der Waals surface area contributed by atoms with Crippen molar-refractivity contribution in [2.45, 2.75) is 37.6 Å². The van der Waals surface area contributed by atoms with Crippen molar-refractivity contribution in [3.8, 4) is 0 Å². The van der Waals surface area contributed by atoms with Gasteiger partial charge in [0, 0.05) is 5.92 Å². The van der Waals surface area contributed by atoms with Crippen LogP contribution in [0.2, 0.25) is 0 Å². The average molecular weight is 398 g/mol. The standard InChI is InChI=1S/C19H22N6O4/c1-11(29-10-25-9-22-14-15(25)23-18(20)24-16(14)26)8-28-17(27)19(21)7-13(19)12-5-3-2-4-6-12/h2-6,9,11,13H,7-8,10,21H2,1H3,(H3,20,23,24,26). The molecule has 152 valence electrons. The fourth-order valence-electron chi connectivity index (χ4n) is 3.25. The van der Waals surface area contributed by atoms with Crippen LogP contribution in [0.1, 0.15) is 24.8 Å². The lowest BCUT2D eigenvalue weighted by Crippen LogP contribution is -2.38. The van der Waals surface area contributed by atoms with Crippen molar-refractivity contribution < 1.29 is 14.3 Å². The zero-order chi connectivity index (χ0) is 20.6. The molecule has 3 aromatic rings. The first-order valence-corrected chi connectivity index (χ1v) is 9.22. The van der Waals surface area contributed by atoms with Crippen molar-refractivity contribution in [2.75, 3.05) is 12.3 Å². The number of hydrogen-bond donors (Lipinski definition) is 3. The Morgan fingerprint density at radius 1 is 1.41 bits per heavy atom. The van der Waals surface area contributed by atoms with Crippen molar-refractivity contribution in [3.63, 3.8) is 0 Å². The van der Waals surface area contributed by atoms with Gasteiger partial charge in [-0.05, 0) is 18.9 Å². The number of fused-ring (bicyclic) bond motifs is 1. The van der Waals surface area contributed by atoms with E-state index in [4.69, 9.17) is 20.9 Å². The molecule has 0 bridgehead atoms. The quantitative estimate of drug-likeness (QED) is 0.487. The predicted molar refractivity (Wildman–Crippen MR) is 105 cm³/mol. The lowest BCUT2D eigenvalue weighted by molar-refractivity contribution is -0.151. The number of esters is 1.